The highest BCUT2D eigenvalue weighted by molar-refractivity contribution is 5.90. The van der Waals surface area contributed by atoms with Crippen LogP contribution in [0.2, 0.25) is 0 Å². The molecule has 3 nitrogen and oxygen atoms in total. The fraction of sp³-hybridized carbons (Fsp3) is 0.278. The maximum Gasteiger partial charge on any atom is 0.321 e. The average Bonchev–Trinajstić information content (AvgIpc) is 3.00. The van der Waals surface area contributed by atoms with E-state index in [1.54, 1.807) is 0 Å². The molecule has 3 heteroatoms. The molecule has 0 radical (unpaired) electrons. The number of para-hydroxylation sites is 1. The molecule has 108 valence electrons. The van der Waals surface area contributed by atoms with Crippen molar-refractivity contribution in [3.63, 3.8) is 0 Å². The fourth-order valence-electron chi connectivity index (χ4n) is 2.85. The number of nitrogens with zero attached hydrogens (tertiary/aromatic N) is 1. The van der Waals surface area contributed by atoms with E-state index in [1.807, 2.05) is 42.2 Å². The quantitative estimate of drug-likeness (QED) is 0.885. The van der Waals surface area contributed by atoms with Gasteiger partial charge < -0.3 is 10.2 Å². The normalized spacial score (nSPS) is 17.8. The summed E-state index contributed by atoms with van der Waals surface area (Å²) >= 11 is 0. The monoisotopic (exact) mass is 280 g/mol. The number of carbonyl (C=O) groups is 1. The van der Waals surface area contributed by atoms with Gasteiger partial charge in [-0.3, -0.25) is 0 Å². The van der Waals surface area contributed by atoms with E-state index in [0.29, 0.717) is 5.92 Å². The van der Waals surface area contributed by atoms with E-state index < -0.39 is 0 Å². The molecule has 1 aliphatic heterocycles. The van der Waals surface area contributed by atoms with Crippen LogP contribution in [0.15, 0.2) is 54.6 Å². The molecule has 21 heavy (non-hydrogen) atoms. The van der Waals surface area contributed by atoms with E-state index in [0.717, 1.165) is 30.8 Å². The molecule has 1 heterocycles. The molecule has 1 N–H and O–H groups in total. The largest absolute Gasteiger partial charge is 0.324 e. The van der Waals surface area contributed by atoms with Crippen LogP contribution >= 0.6 is 0 Å². The molecular formula is C18H20N2O. The van der Waals surface area contributed by atoms with Crippen LogP contribution in [0.5, 0.6) is 0 Å². The van der Waals surface area contributed by atoms with Crippen molar-refractivity contribution in [3.8, 4) is 0 Å². The summed E-state index contributed by atoms with van der Waals surface area (Å²) in [6.07, 6.45) is 1.03. The summed E-state index contributed by atoms with van der Waals surface area (Å²) in [5, 5.41) is 3.01. The second-order valence-electron chi connectivity index (χ2n) is 5.59. The Balaban J connectivity index is 1.64. The highest BCUT2D eigenvalue weighted by Crippen LogP contribution is 2.27. The van der Waals surface area contributed by atoms with Crippen molar-refractivity contribution in [2.24, 2.45) is 0 Å². The van der Waals surface area contributed by atoms with Crippen molar-refractivity contribution < 1.29 is 4.79 Å². The van der Waals surface area contributed by atoms with Gasteiger partial charge >= 0.3 is 6.03 Å². The summed E-state index contributed by atoms with van der Waals surface area (Å²) < 4.78 is 0. The van der Waals surface area contributed by atoms with Gasteiger partial charge in [-0.1, -0.05) is 48.5 Å². The van der Waals surface area contributed by atoms with Gasteiger partial charge in [-0.25, -0.2) is 4.79 Å². The summed E-state index contributed by atoms with van der Waals surface area (Å²) in [5.41, 5.74) is 3.30. The molecule has 2 amide bonds. The Morgan fingerprint density at radius 3 is 2.57 bits per heavy atom. The molecular weight excluding hydrogens is 260 g/mol. The molecule has 1 fully saturated rings. The second kappa shape index (κ2) is 6.00. The molecule has 0 saturated carbocycles. The number of urea groups is 1. The fourth-order valence-corrected chi connectivity index (χ4v) is 2.85. The van der Waals surface area contributed by atoms with Crippen LogP contribution in [-0.4, -0.2) is 24.0 Å². The van der Waals surface area contributed by atoms with Crippen LogP contribution in [0.25, 0.3) is 0 Å². The molecule has 2 aromatic rings. The summed E-state index contributed by atoms with van der Waals surface area (Å²) in [6.45, 7) is 3.62. The average molecular weight is 280 g/mol. The van der Waals surface area contributed by atoms with E-state index in [9.17, 15) is 4.79 Å². The third-order valence-electron chi connectivity index (χ3n) is 4.13. The number of benzene rings is 2. The van der Waals surface area contributed by atoms with E-state index >= 15 is 0 Å². The molecule has 0 spiro atoms. The zero-order chi connectivity index (χ0) is 14.7. The van der Waals surface area contributed by atoms with Gasteiger partial charge in [0.1, 0.15) is 0 Å². The Bertz CT molecular complexity index is 624. The van der Waals surface area contributed by atoms with Gasteiger partial charge in [-0.15, -0.1) is 0 Å². The van der Waals surface area contributed by atoms with Crippen molar-refractivity contribution in [2.75, 3.05) is 18.4 Å². The predicted molar refractivity (Wildman–Crippen MR) is 85.6 cm³/mol. The van der Waals surface area contributed by atoms with Gasteiger partial charge in [0, 0.05) is 24.7 Å². The van der Waals surface area contributed by atoms with Crippen molar-refractivity contribution >= 4 is 11.7 Å². The van der Waals surface area contributed by atoms with Crippen LogP contribution in [0.3, 0.4) is 0 Å². The Hall–Kier alpha value is -2.29. The lowest BCUT2D eigenvalue weighted by molar-refractivity contribution is 0.222. The predicted octanol–water partition coefficient (Wildman–Crippen LogP) is 4.02. The lowest BCUT2D eigenvalue weighted by Gasteiger charge is -2.18. The molecule has 1 atom stereocenters. The van der Waals surface area contributed by atoms with Crippen molar-refractivity contribution in [2.45, 2.75) is 19.3 Å². The molecule has 0 aromatic heterocycles. The number of carbonyl (C=O) groups excluding carboxylic acids is 1. The first-order valence-electron chi connectivity index (χ1n) is 7.40. The smallest absolute Gasteiger partial charge is 0.321 e. The first kappa shape index (κ1) is 13.7. The third-order valence-corrected chi connectivity index (χ3v) is 4.13. The van der Waals surface area contributed by atoms with Crippen LogP contribution < -0.4 is 5.32 Å². The van der Waals surface area contributed by atoms with Gasteiger partial charge in [0.25, 0.3) is 0 Å². The van der Waals surface area contributed by atoms with E-state index in [1.165, 1.54) is 5.56 Å². The summed E-state index contributed by atoms with van der Waals surface area (Å²) in [7, 11) is 0. The lowest BCUT2D eigenvalue weighted by Crippen LogP contribution is -2.33. The van der Waals surface area contributed by atoms with Gasteiger partial charge in [0.2, 0.25) is 0 Å². The number of nitrogens with one attached hydrogen (secondary N) is 1. The Labute approximate surface area is 125 Å². The first-order valence-corrected chi connectivity index (χ1v) is 7.40. The number of amides is 2. The zero-order valence-electron chi connectivity index (χ0n) is 12.3. The number of hydrogen-bond donors (Lipinski definition) is 1. The number of hydrogen-bond acceptors (Lipinski definition) is 1. The van der Waals surface area contributed by atoms with E-state index in [4.69, 9.17) is 0 Å². The first-order chi connectivity index (χ1) is 10.2. The summed E-state index contributed by atoms with van der Waals surface area (Å²) in [5.74, 6) is 0.453. The van der Waals surface area contributed by atoms with Gasteiger partial charge in [0.15, 0.2) is 0 Å². The number of anilines is 1. The zero-order valence-corrected chi connectivity index (χ0v) is 12.3. The van der Waals surface area contributed by atoms with Crippen molar-refractivity contribution in [1.29, 1.82) is 0 Å². The molecule has 0 aliphatic carbocycles. The van der Waals surface area contributed by atoms with Gasteiger partial charge in [0.05, 0.1) is 0 Å². The maximum atomic E-state index is 12.4. The molecule has 3 rings (SSSR count). The summed E-state index contributed by atoms with van der Waals surface area (Å²) in [6, 6.07) is 18.3. The van der Waals surface area contributed by atoms with Crippen molar-refractivity contribution in [1.82, 2.24) is 4.90 Å². The van der Waals surface area contributed by atoms with E-state index in [-0.39, 0.29) is 6.03 Å². The van der Waals surface area contributed by atoms with Crippen LogP contribution in [0.4, 0.5) is 10.5 Å². The van der Waals surface area contributed by atoms with Crippen molar-refractivity contribution in [3.05, 3.63) is 65.7 Å². The highest BCUT2D eigenvalue weighted by Gasteiger charge is 2.27. The SMILES string of the molecule is Cc1ccccc1NC(=O)N1CCC(c2ccccc2)C1. The van der Waals surface area contributed by atoms with Crippen LogP contribution in [-0.2, 0) is 0 Å². The number of aryl methyl sites for hydroxylation is 1. The lowest BCUT2D eigenvalue weighted by atomic mass is 9.99. The third kappa shape index (κ3) is 3.07. The van der Waals surface area contributed by atoms with Crippen LogP contribution in [0.1, 0.15) is 23.5 Å². The Morgan fingerprint density at radius 2 is 1.81 bits per heavy atom. The minimum atomic E-state index is 0.00253. The second-order valence-corrected chi connectivity index (χ2v) is 5.59. The standard InChI is InChI=1S/C18H20N2O/c1-14-7-5-6-10-17(14)19-18(21)20-12-11-16(13-20)15-8-3-2-4-9-15/h2-10,16H,11-13H2,1H3,(H,19,21). The molecule has 2 aromatic carbocycles. The topological polar surface area (TPSA) is 32.3 Å². The summed E-state index contributed by atoms with van der Waals surface area (Å²) in [4.78, 5) is 14.3. The van der Waals surface area contributed by atoms with Crippen LogP contribution in [0, 0.1) is 6.92 Å². The number of rotatable bonds is 2. The Kier molecular flexibility index (Phi) is 3.91. The maximum absolute atomic E-state index is 12.4. The molecule has 0 bridgehead atoms. The molecule has 1 saturated heterocycles. The number of likely N-dealkylation sites (tertiary alicyclic amines) is 1. The molecule has 1 unspecified atom stereocenters. The van der Waals surface area contributed by atoms with Gasteiger partial charge in [-0.2, -0.15) is 0 Å². The minimum absolute atomic E-state index is 0.00253. The van der Waals surface area contributed by atoms with Gasteiger partial charge in [-0.05, 0) is 30.5 Å². The minimum Gasteiger partial charge on any atom is -0.324 e. The van der Waals surface area contributed by atoms with E-state index in [2.05, 4.69) is 29.6 Å². The Morgan fingerprint density at radius 1 is 1.10 bits per heavy atom. The molecule has 1 aliphatic rings. The highest BCUT2D eigenvalue weighted by atomic mass is 16.2.